The van der Waals surface area contributed by atoms with Gasteiger partial charge in [-0.25, -0.2) is 0 Å². The van der Waals surface area contributed by atoms with Gasteiger partial charge in [-0.2, -0.15) is 0 Å². The maximum absolute atomic E-state index is 11.9. The molecule has 1 aromatic carbocycles. The Bertz CT molecular complexity index is 358. The van der Waals surface area contributed by atoms with E-state index in [0.29, 0.717) is 5.56 Å². The van der Waals surface area contributed by atoms with E-state index in [4.69, 9.17) is 4.74 Å². The third kappa shape index (κ3) is 3.53. The van der Waals surface area contributed by atoms with Crippen molar-refractivity contribution < 1.29 is 22.6 Å². The molecule has 0 radical (unpaired) electrons. The normalized spacial score (nSPS) is 10.9. The molecule has 1 rings (SSSR count). The monoisotopic (exact) mass is 218 g/mol. The third-order valence-electron chi connectivity index (χ3n) is 1.61. The summed E-state index contributed by atoms with van der Waals surface area (Å²) < 4.78 is 44.3. The van der Waals surface area contributed by atoms with Crippen LogP contribution in [-0.2, 0) is 0 Å². The first kappa shape index (κ1) is 11.4. The zero-order valence-electron chi connectivity index (χ0n) is 7.97. The van der Waals surface area contributed by atoms with Crippen LogP contribution in [0.1, 0.15) is 5.56 Å². The van der Waals surface area contributed by atoms with Gasteiger partial charge in [0.25, 0.3) is 0 Å². The van der Waals surface area contributed by atoms with E-state index in [2.05, 4.69) is 11.3 Å². The van der Waals surface area contributed by atoms with Gasteiger partial charge in [-0.05, 0) is 17.7 Å². The van der Waals surface area contributed by atoms with Crippen LogP contribution in [0.2, 0.25) is 0 Å². The molecule has 0 amide bonds. The predicted octanol–water partition coefficient (Wildman–Crippen LogP) is 3.24. The molecule has 0 saturated heterocycles. The molecule has 15 heavy (non-hydrogen) atoms. The van der Waals surface area contributed by atoms with Crippen LogP contribution in [0.4, 0.5) is 13.2 Å². The maximum Gasteiger partial charge on any atom is 0.573 e. The molecular formula is C10H9F3O2. The third-order valence-corrected chi connectivity index (χ3v) is 1.61. The van der Waals surface area contributed by atoms with E-state index in [0.717, 1.165) is 6.07 Å². The number of hydrogen-bond acceptors (Lipinski definition) is 2. The molecule has 0 unspecified atom stereocenters. The molecule has 0 saturated carbocycles. The maximum atomic E-state index is 11.9. The molecular weight excluding hydrogens is 209 g/mol. The minimum atomic E-state index is -4.70. The summed E-state index contributed by atoms with van der Waals surface area (Å²) >= 11 is 0. The number of benzene rings is 1. The van der Waals surface area contributed by atoms with Crippen molar-refractivity contribution in [2.24, 2.45) is 0 Å². The number of alkyl halides is 3. The number of rotatable bonds is 3. The van der Waals surface area contributed by atoms with E-state index < -0.39 is 6.36 Å². The predicted molar refractivity (Wildman–Crippen MR) is 49.8 cm³/mol. The summed E-state index contributed by atoms with van der Waals surface area (Å²) in [5.41, 5.74) is 0.494. The molecule has 1 aromatic rings. The van der Waals surface area contributed by atoms with Crippen molar-refractivity contribution >= 4 is 6.08 Å². The molecule has 0 atom stereocenters. The molecule has 0 fully saturated rings. The minimum Gasteiger partial charge on any atom is -0.497 e. The van der Waals surface area contributed by atoms with E-state index in [-0.39, 0.29) is 11.5 Å². The van der Waals surface area contributed by atoms with Crippen LogP contribution in [0.5, 0.6) is 11.5 Å². The minimum absolute atomic E-state index is 0.284. The van der Waals surface area contributed by atoms with Crippen LogP contribution in [0.3, 0.4) is 0 Å². The molecule has 0 heterocycles. The fourth-order valence-electron chi connectivity index (χ4n) is 1.02. The molecule has 5 heteroatoms. The lowest BCUT2D eigenvalue weighted by atomic mass is 10.2. The van der Waals surface area contributed by atoms with Gasteiger partial charge in [0.05, 0.1) is 7.11 Å². The summed E-state index contributed by atoms with van der Waals surface area (Å²) in [5.74, 6) is -0.0385. The average Bonchev–Trinajstić information content (AvgIpc) is 2.14. The molecule has 0 aromatic heterocycles. The van der Waals surface area contributed by atoms with Crippen molar-refractivity contribution in [2.75, 3.05) is 7.11 Å². The first-order valence-corrected chi connectivity index (χ1v) is 4.02. The largest absolute Gasteiger partial charge is 0.573 e. The van der Waals surface area contributed by atoms with E-state index in [1.54, 1.807) is 6.07 Å². The molecule has 0 aliphatic rings. The van der Waals surface area contributed by atoms with Crippen molar-refractivity contribution in [3.05, 3.63) is 30.3 Å². The fourth-order valence-corrected chi connectivity index (χ4v) is 1.02. The summed E-state index contributed by atoms with van der Waals surface area (Å²) in [6, 6.07) is 3.93. The zero-order chi connectivity index (χ0) is 11.5. The Morgan fingerprint density at radius 2 is 1.80 bits per heavy atom. The van der Waals surface area contributed by atoms with Crippen LogP contribution in [-0.4, -0.2) is 13.5 Å². The highest BCUT2D eigenvalue weighted by atomic mass is 19.4. The van der Waals surface area contributed by atoms with E-state index >= 15 is 0 Å². The molecule has 0 aliphatic heterocycles. The van der Waals surface area contributed by atoms with Crippen LogP contribution < -0.4 is 9.47 Å². The summed E-state index contributed by atoms with van der Waals surface area (Å²) in [6.07, 6.45) is -3.30. The van der Waals surface area contributed by atoms with Crippen molar-refractivity contribution in [3.63, 3.8) is 0 Å². The highest BCUT2D eigenvalue weighted by Crippen LogP contribution is 2.28. The van der Waals surface area contributed by atoms with Gasteiger partial charge < -0.3 is 9.47 Å². The van der Waals surface area contributed by atoms with E-state index in [9.17, 15) is 13.2 Å². The van der Waals surface area contributed by atoms with Crippen molar-refractivity contribution in [2.45, 2.75) is 6.36 Å². The molecule has 0 bridgehead atoms. The van der Waals surface area contributed by atoms with Gasteiger partial charge in [-0.15, -0.1) is 13.2 Å². The Morgan fingerprint density at radius 3 is 2.27 bits per heavy atom. The van der Waals surface area contributed by atoms with Crippen LogP contribution in [0, 0.1) is 0 Å². The Kier molecular flexibility index (Phi) is 3.24. The van der Waals surface area contributed by atoms with Crippen molar-refractivity contribution in [1.82, 2.24) is 0 Å². The quantitative estimate of drug-likeness (QED) is 0.775. The lowest BCUT2D eigenvalue weighted by molar-refractivity contribution is -0.274. The first-order valence-electron chi connectivity index (χ1n) is 4.02. The smallest absolute Gasteiger partial charge is 0.497 e. The summed E-state index contributed by atoms with van der Waals surface area (Å²) in [4.78, 5) is 0. The Morgan fingerprint density at radius 1 is 1.20 bits per heavy atom. The van der Waals surface area contributed by atoms with Gasteiger partial charge in [-0.1, -0.05) is 12.7 Å². The highest BCUT2D eigenvalue weighted by Gasteiger charge is 2.31. The van der Waals surface area contributed by atoms with Crippen LogP contribution in [0.25, 0.3) is 6.08 Å². The first-order chi connectivity index (χ1) is 6.94. The average molecular weight is 218 g/mol. The zero-order valence-corrected chi connectivity index (χ0v) is 7.97. The van der Waals surface area contributed by atoms with Gasteiger partial charge in [0.15, 0.2) is 0 Å². The molecule has 0 spiro atoms. The van der Waals surface area contributed by atoms with Gasteiger partial charge in [0.1, 0.15) is 11.5 Å². The van der Waals surface area contributed by atoms with Crippen LogP contribution >= 0.6 is 0 Å². The highest BCUT2D eigenvalue weighted by molar-refractivity contribution is 5.53. The van der Waals surface area contributed by atoms with E-state index in [1.807, 2.05) is 0 Å². The summed E-state index contributed by atoms with van der Waals surface area (Å²) in [6.45, 7) is 3.45. The number of methoxy groups -OCH3 is 1. The second-order valence-electron chi connectivity index (χ2n) is 2.69. The van der Waals surface area contributed by atoms with Crippen molar-refractivity contribution in [3.8, 4) is 11.5 Å². The number of hydrogen-bond donors (Lipinski definition) is 0. The van der Waals surface area contributed by atoms with Crippen molar-refractivity contribution in [1.29, 1.82) is 0 Å². The van der Waals surface area contributed by atoms with Gasteiger partial charge in [-0.3, -0.25) is 0 Å². The Hall–Kier alpha value is -1.65. The topological polar surface area (TPSA) is 18.5 Å². The SMILES string of the molecule is C=Cc1cc(OC)cc(OC(F)(F)F)c1. The molecule has 2 nitrogen and oxygen atoms in total. The van der Waals surface area contributed by atoms with Gasteiger partial charge in [0, 0.05) is 6.07 Å². The molecule has 0 aliphatic carbocycles. The second-order valence-corrected chi connectivity index (χ2v) is 2.69. The number of ether oxygens (including phenoxy) is 2. The Labute approximate surface area is 84.9 Å². The van der Waals surface area contributed by atoms with Gasteiger partial charge >= 0.3 is 6.36 Å². The standard InChI is InChI=1S/C10H9F3O2/c1-3-7-4-8(14-2)6-9(5-7)15-10(11,12)13/h3-6H,1H2,2H3. The molecule has 0 N–H and O–H groups in total. The fraction of sp³-hybridized carbons (Fsp3) is 0.200. The summed E-state index contributed by atoms with van der Waals surface area (Å²) in [5, 5.41) is 0. The lowest BCUT2D eigenvalue weighted by Crippen LogP contribution is -2.17. The lowest BCUT2D eigenvalue weighted by Gasteiger charge is -2.10. The second kappa shape index (κ2) is 4.25. The van der Waals surface area contributed by atoms with E-state index in [1.165, 1.54) is 19.3 Å². The summed E-state index contributed by atoms with van der Waals surface area (Å²) in [7, 11) is 1.36. The molecule has 82 valence electrons. The Balaban J connectivity index is 3.02. The number of halogens is 3. The van der Waals surface area contributed by atoms with Gasteiger partial charge in [0.2, 0.25) is 0 Å². The van der Waals surface area contributed by atoms with Crippen LogP contribution in [0.15, 0.2) is 24.8 Å².